The van der Waals surface area contributed by atoms with Gasteiger partial charge < -0.3 is 14.2 Å². The second-order valence-electron chi connectivity index (χ2n) is 7.20. The third kappa shape index (κ3) is 8.50. The largest absolute Gasteiger partial charge is 0.465 e. The second kappa shape index (κ2) is 12.8. The summed E-state index contributed by atoms with van der Waals surface area (Å²) >= 11 is 0. The van der Waals surface area contributed by atoms with Crippen molar-refractivity contribution >= 4 is 17.9 Å². The second-order valence-corrected chi connectivity index (χ2v) is 7.20. The predicted molar refractivity (Wildman–Crippen MR) is 108 cm³/mol. The van der Waals surface area contributed by atoms with Crippen LogP contribution in [-0.2, 0) is 35.0 Å². The summed E-state index contributed by atoms with van der Waals surface area (Å²) in [6, 6.07) is 9.92. The average molecular weight is 402 g/mol. The van der Waals surface area contributed by atoms with Gasteiger partial charge in [0.1, 0.15) is 0 Å². The number of ether oxygens (including phenoxy) is 3. The maximum Gasteiger partial charge on any atom is 0.330 e. The number of hydrogen-bond donors (Lipinski definition) is 0. The van der Waals surface area contributed by atoms with E-state index in [9.17, 15) is 14.4 Å². The average Bonchev–Trinajstić information content (AvgIpc) is 2.76. The van der Waals surface area contributed by atoms with E-state index in [4.69, 9.17) is 14.2 Å². The summed E-state index contributed by atoms with van der Waals surface area (Å²) in [6.45, 7) is 4.31. The third-order valence-corrected chi connectivity index (χ3v) is 5.07. The molecule has 158 valence electrons. The molecule has 1 saturated carbocycles. The molecular weight excluding hydrogens is 372 g/mol. The molecule has 0 atom stereocenters. The van der Waals surface area contributed by atoms with Gasteiger partial charge in [-0.15, -0.1) is 0 Å². The van der Waals surface area contributed by atoms with Crippen LogP contribution in [-0.4, -0.2) is 37.7 Å². The number of carbonyl (C=O) groups is 3. The molecule has 0 saturated heterocycles. The van der Waals surface area contributed by atoms with Crippen LogP contribution in [0.4, 0.5) is 0 Å². The van der Waals surface area contributed by atoms with E-state index < -0.39 is 5.97 Å². The Balaban J connectivity index is 1.55. The zero-order chi connectivity index (χ0) is 20.9. The lowest BCUT2D eigenvalue weighted by Gasteiger charge is -2.26. The summed E-state index contributed by atoms with van der Waals surface area (Å²) in [6.07, 6.45) is 5.70. The highest BCUT2D eigenvalue weighted by atomic mass is 16.5. The highest BCUT2D eigenvalue weighted by Gasteiger charge is 2.31. The van der Waals surface area contributed by atoms with E-state index in [-0.39, 0.29) is 23.8 Å². The molecule has 1 aromatic carbocycles. The first-order valence-corrected chi connectivity index (χ1v) is 10.3. The van der Waals surface area contributed by atoms with E-state index in [0.29, 0.717) is 64.8 Å². The lowest BCUT2D eigenvalue weighted by Crippen LogP contribution is -2.28. The van der Waals surface area contributed by atoms with E-state index in [1.807, 2.05) is 30.3 Å². The maximum atomic E-state index is 12.2. The van der Waals surface area contributed by atoms with Gasteiger partial charge >= 0.3 is 17.9 Å². The fraction of sp³-hybridized carbons (Fsp3) is 0.522. The van der Waals surface area contributed by atoms with Gasteiger partial charge in [0.15, 0.2) is 0 Å². The topological polar surface area (TPSA) is 78.9 Å². The van der Waals surface area contributed by atoms with Crippen LogP contribution < -0.4 is 0 Å². The van der Waals surface area contributed by atoms with Gasteiger partial charge in [0.05, 0.1) is 31.7 Å². The SMILES string of the molecule is C=CC(=O)OCCCCOC(=O)C1CCC(C(=O)OCCc2ccccc2)CC1. The minimum Gasteiger partial charge on any atom is -0.465 e. The number of carbonyl (C=O) groups excluding carboxylic acids is 3. The van der Waals surface area contributed by atoms with Gasteiger partial charge in [-0.25, -0.2) is 4.79 Å². The minimum absolute atomic E-state index is 0.130. The zero-order valence-corrected chi connectivity index (χ0v) is 16.8. The standard InChI is InChI=1S/C23H30O6/c1-2-21(24)27-15-6-7-16-28-22(25)19-10-12-20(13-11-19)23(26)29-17-14-18-8-4-3-5-9-18/h2-5,8-9,19-20H,1,6-7,10-17H2. The van der Waals surface area contributed by atoms with E-state index in [1.165, 1.54) is 0 Å². The van der Waals surface area contributed by atoms with Crippen molar-refractivity contribution in [3.05, 3.63) is 48.6 Å². The Hall–Kier alpha value is -2.63. The number of rotatable bonds is 11. The molecule has 0 heterocycles. The Bertz CT molecular complexity index is 661. The molecule has 6 heteroatoms. The molecule has 1 fully saturated rings. The summed E-state index contributed by atoms with van der Waals surface area (Å²) in [5, 5.41) is 0. The molecule has 0 aliphatic heterocycles. The number of benzene rings is 1. The number of esters is 3. The molecule has 2 rings (SSSR count). The monoisotopic (exact) mass is 402 g/mol. The van der Waals surface area contributed by atoms with Gasteiger partial charge in [0, 0.05) is 12.5 Å². The number of unbranched alkanes of at least 4 members (excludes halogenated alkanes) is 1. The summed E-state index contributed by atoms with van der Waals surface area (Å²) < 4.78 is 15.6. The minimum atomic E-state index is -0.447. The van der Waals surface area contributed by atoms with Gasteiger partial charge in [-0.1, -0.05) is 36.9 Å². The van der Waals surface area contributed by atoms with Gasteiger partial charge in [0.25, 0.3) is 0 Å². The molecule has 0 radical (unpaired) electrons. The van der Waals surface area contributed by atoms with Crippen LogP contribution in [0.1, 0.15) is 44.1 Å². The van der Waals surface area contributed by atoms with Gasteiger partial charge in [-0.05, 0) is 44.1 Å². The summed E-state index contributed by atoms with van der Waals surface area (Å²) in [5.41, 5.74) is 1.14. The van der Waals surface area contributed by atoms with Crippen LogP contribution in [0.2, 0.25) is 0 Å². The predicted octanol–water partition coefficient (Wildman–Crippen LogP) is 3.63. The Labute approximate surface area is 172 Å². The van der Waals surface area contributed by atoms with Crippen molar-refractivity contribution in [2.45, 2.75) is 44.9 Å². The van der Waals surface area contributed by atoms with E-state index in [0.717, 1.165) is 11.6 Å². The molecule has 0 N–H and O–H groups in total. The zero-order valence-electron chi connectivity index (χ0n) is 16.8. The highest BCUT2D eigenvalue weighted by molar-refractivity contribution is 5.81. The fourth-order valence-electron chi connectivity index (χ4n) is 3.32. The Morgan fingerprint density at radius 1 is 0.828 bits per heavy atom. The van der Waals surface area contributed by atoms with Crippen LogP contribution in [0.15, 0.2) is 43.0 Å². The Kier molecular flexibility index (Phi) is 9.96. The molecule has 0 bridgehead atoms. The number of hydrogen-bond acceptors (Lipinski definition) is 6. The van der Waals surface area contributed by atoms with Crippen molar-refractivity contribution in [3.63, 3.8) is 0 Å². The van der Waals surface area contributed by atoms with E-state index in [2.05, 4.69) is 6.58 Å². The van der Waals surface area contributed by atoms with Crippen LogP contribution in [0, 0.1) is 11.8 Å². The maximum absolute atomic E-state index is 12.2. The summed E-state index contributed by atoms with van der Waals surface area (Å²) in [5.74, 6) is -1.10. The lowest BCUT2D eigenvalue weighted by atomic mass is 9.82. The molecule has 0 unspecified atom stereocenters. The van der Waals surface area contributed by atoms with Crippen LogP contribution >= 0.6 is 0 Å². The van der Waals surface area contributed by atoms with E-state index >= 15 is 0 Å². The highest BCUT2D eigenvalue weighted by Crippen LogP contribution is 2.30. The molecule has 29 heavy (non-hydrogen) atoms. The Morgan fingerprint density at radius 2 is 1.34 bits per heavy atom. The van der Waals surface area contributed by atoms with Crippen molar-refractivity contribution < 1.29 is 28.6 Å². The van der Waals surface area contributed by atoms with Gasteiger partial charge in [-0.2, -0.15) is 0 Å². The van der Waals surface area contributed by atoms with Crippen molar-refractivity contribution in [1.82, 2.24) is 0 Å². The summed E-state index contributed by atoms with van der Waals surface area (Å²) in [4.78, 5) is 35.3. The first-order chi connectivity index (χ1) is 14.1. The smallest absolute Gasteiger partial charge is 0.330 e. The van der Waals surface area contributed by atoms with Crippen molar-refractivity contribution in [3.8, 4) is 0 Å². The van der Waals surface area contributed by atoms with Crippen LogP contribution in [0.25, 0.3) is 0 Å². The molecule has 0 amide bonds. The van der Waals surface area contributed by atoms with Crippen molar-refractivity contribution in [1.29, 1.82) is 0 Å². The first-order valence-electron chi connectivity index (χ1n) is 10.3. The first kappa shape index (κ1) is 22.7. The lowest BCUT2D eigenvalue weighted by molar-refractivity contribution is -0.155. The molecular formula is C23H30O6. The molecule has 1 aliphatic rings. The van der Waals surface area contributed by atoms with Crippen LogP contribution in [0.3, 0.4) is 0 Å². The van der Waals surface area contributed by atoms with Gasteiger partial charge in [0.2, 0.25) is 0 Å². The molecule has 1 aromatic rings. The molecule has 6 nitrogen and oxygen atoms in total. The quantitative estimate of drug-likeness (QED) is 0.243. The normalized spacial score (nSPS) is 18.5. The molecule has 0 spiro atoms. The van der Waals surface area contributed by atoms with Crippen molar-refractivity contribution in [2.75, 3.05) is 19.8 Å². The third-order valence-electron chi connectivity index (χ3n) is 5.07. The van der Waals surface area contributed by atoms with Crippen LogP contribution in [0.5, 0.6) is 0 Å². The Morgan fingerprint density at radius 3 is 1.90 bits per heavy atom. The molecule has 0 aromatic heterocycles. The summed E-state index contributed by atoms with van der Waals surface area (Å²) in [7, 11) is 0. The van der Waals surface area contributed by atoms with Crippen molar-refractivity contribution in [2.24, 2.45) is 11.8 Å². The van der Waals surface area contributed by atoms with Gasteiger partial charge in [-0.3, -0.25) is 9.59 Å². The fourth-order valence-corrected chi connectivity index (χ4v) is 3.32. The molecule has 1 aliphatic carbocycles. The van der Waals surface area contributed by atoms with E-state index in [1.54, 1.807) is 0 Å².